The largest absolute Gasteiger partial charge is 0.360 e. The number of nitro groups is 1. The Bertz CT molecular complexity index is 598. The van der Waals surface area contributed by atoms with Crippen molar-refractivity contribution in [2.24, 2.45) is 5.92 Å². The van der Waals surface area contributed by atoms with E-state index in [-0.39, 0.29) is 5.69 Å². The van der Waals surface area contributed by atoms with E-state index < -0.39 is 4.92 Å². The average molecular weight is 324 g/mol. The minimum Gasteiger partial charge on any atom is -0.360 e. The van der Waals surface area contributed by atoms with Crippen LogP contribution in [0.25, 0.3) is 0 Å². The minimum absolute atomic E-state index is 0.111. The van der Waals surface area contributed by atoms with Crippen LogP contribution in [0.1, 0.15) is 19.4 Å². The number of nitrogens with one attached hydrogen (secondary N) is 1. The lowest BCUT2D eigenvalue weighted by atomic mass is 10.2. The zero-order valence-corrected chi connectivity index (χ0v) is 13.4. The van der Waals surface area contributed by atoms with Crippen LogP contribution in [0.5, 0.6) is 0 Å². The molecular formula is C13H16N4O2S2. The van der Waals surface area contributed by atoms with Crippen molar-refractivity contribution in [3.63, 3.8) is 0 Å². The van der Waals surface area contributed by atoms with Gasteiger partial charge in [-0.15, -0.1) is 10.2 Å². The van der Waals surface area contributed by atoms with Crippen LogP contribution < -0.4 is 5.32 Å². The Kier molecular flexibility index (Phi) is 5.51. The highest BCUT2D eigenvalue weighted by molar-refractivity contribution is 8.00. The molecule has 2 rings (SSSR count). The predicted molar refractivity (Wildman–Crippen MR) is 85.9 cm³/mol. The second kappa shape index (κ2) is 7.37. The molecule has 0 spiro atoms. The van der Waals surface area contributed by atoms with Gasteiger partial charge in [-0.05, 0) is 11.5 Å². The number of non-ortho nitro benzene ring substituents is 1. The first-order valence-corrected chi connectivity index (χ1v) is 8.28. The summed E-state index contributed by atoms with van der Waals surface area (Å²) in [5, 5.41) is 22.8. The molecule has 0 aliphatic heterocycles. The first-order chi connectivity index (χ1) is 10.0. The van der Waals surface area contributed by atoms with Crippen LogP contribution in [-0.2, 0) is 5.75 Å². The standard InChI is InChI=1S/C13H16N4O2S2/c1-9(2)7-14-12-15-16-13(21-12)20-8-10-3-5-11(6-4-10)17(18)19/h3-6,9H,7-8H2,1-2H3,(H,14,15). The molecule has 0 aliphatic rings. The topological polar surface area (TPSA) is 81.0 Å². The quantitative estimate of drug-likeness (QED) is 0.474. The van der Waals surface area contributed by atoms with Gasteiger partial charge in [-0.2, -0.15) is 0 Å². The number of hydrogen-bond acceptors (Lipinski definition) is 7. The Morgan fingerprint density at radius 3 is 2.67 bits per heavy atom. The average Bonchev–Trinajstić information content (AvgIpc) is 2.91. The molecule has 0 radical (unpaired) electrons. The predicted octanol–water partition coefficient (Wildman–Crippen LogP) is 3.81. The molecule has 0 atom stereocenters. The summed E-state index contributed by atoms with van der Waals surface area (Å²) in [6.07, 6.45) is 0. The Morgan fingerprint density at radius 1 is 1.33 bits per heavy atom. The molecular weight excluding hydrogens is 308 g/mol. The summed E-state index contributed by atoms with van der Waals surface area (Å²) in [6, 6.07) is 6.57. The SMILES string of the molecule is CC(C)CNc1nnc(SCc2ccc([N+](=O)[O-])cc2)s1. The lowest BCUT2D eigenvalue weighted by Gasteiger charge is -2.03. The molecule has 21 heavy (non-hydrogen) atoms. The van der Waals surface area contributed by atoms with Crippen molar-refractivity contribution in [1.82, 2.24) is 10.2 Å². The monoisotopic (exact) mass is 324 g/mol. The van der Waals surface area contributed by atoms with Gasteiger partial charge in [0.1, 0.15) is 0 Å². The molecule has 0 unspecified atom stereocenters. The van der Waals surface area contributed by atoms with E-state index >= 15 is 0 Å². The molecule has 0 saturated heterocycles. The molecule has 1 aromatic heterocycles. The number of thioether (sulfide) groups is 1. The Labute approximate surface area is 131 Å². The van der Waals surface area contributed by atoms with E-state index in [1.807, 2.05) is 0 Å². The van der Waals surface area contributed by atoms with Gasteiger partial charge < -0.3 is 5.32 Å². The van der Waals surface area contributed by atoms with Gasteiger partial charge >= 0.3 is 0 Å². The summed E-state index contributed by atoms with van der Waals surface area (Å²) in [6.45, 7) is 5.15. The van der Waals surface area contributed by atoms with Crippen molar-refractivity contribution < 1.29 is 4.92 Å². The van der Waals surface area contributed by atoms with E-state index in [2.05, 4.69) is 29.4 Å². The maximum Gasteiger partial charge on any atom is 0.269 e. The second-order valence-electron chi connectivity index (χ2n) is 4.86. The number of nitrogens with zero attached hydrogens (tertiary/aromatic N) is 3. The smallest absolute Gasteiger partial charge is 0.269 e. The third-order valence-electron chi connectivity index (χ3n) is 2.58. The summed E-state index contributed by atoms with van der Waals surface area (Å²) in [5.41, 5.74) is 1.14. The Morgan fingerprint density at radius 2 is 2.05 bits per heavy atom. The fraction of sp³-hybridized carbons (Fsp3) is 0.385. The number of rotatable bonds is 7. The molecule has 6 nitrogen and oxygen atoms in total. The van der Waals surface area contributed by atoms with Gasteiger partial charge in [0.25, 0.3) is 5.69 Å². The fourth-order valence-corrected chi connectivity index (χ4v) is 3.20. The molecule has 1 aromatic carbocycles. The van der Waals surface area contributed by atoms with Crippen molar-refractivity contribution in [3.05, 3.63) is 39.9 Å². The Balaban J connectivity index is 1.86. The van der Waals surface area contributed by atoms with Gasteiger partial charge in [0, 0.05) is 24.4 Å². The van der Waals surface area contributed by atoms with Crippen LogP contribution in [0.15, 0.2) is 28.6 Å². The number of benzene rings is 1. The molecule has 2 aromatic rings. The van der Waals surface area contributed by atoms with Crippen LogP contribution in [0.3, 0.4) is 0 Å². The first-order valence-electron chi connectivity index (χ1n) is 6.48. The van der Waals surface area contributed by atoms with E-state index in [4.69, 9.17) is 0 Å². The Hall–Kier alpha value is -1.67. The highest BCUT2D eigenvalue weighted by Gasteiger charge is 2.07. The zero-order valence-electron chi connectivity index (χ0n) is 11.8. The lowest BCUT2D eigenvalue weighted by molar-refractivity contribution is -0.384. The van der Waals surface area contributed by atoms with Crippen LogP contribution >= 0.6 is 23.1 Å². The van der Waals surface area contributed by atoms with Crippen molar-refractivity contribution in [2.45, 2.75) is 23.9 Å². The lowest BCUT2D eigenvalue weighted by Crippen LogP contribution is -2.07. The molecule has 0 saturated carbocycles. The molecule has 0 fully saturated rings. The first kappa shape index (κ1) is 15.7. The van der Waals surface area contributed by atoms with Crippen LogP contribution in [0.4, 0.5) is 10.8 Å². The summed E-state index contributed by atoms with van der Waals surface area (Å²) in [4.78, 5) is 10.2. The van der Waals surface area contributed by atoms with Gasteiger partial charge in [-0.3, -0.25) is 10.1 Å². The van der Waals surface area contributed by atoms with Gasteiger partial charge in [-0.25, -0.2) is 0 Å². The number of hydrogen-bond donors (Lipinski definition) is 1. The van der Waals surface area contributed by atoms with Crippen LogP contribution in [0, 0.1) is 16.0 Å². The highest BCUT2D eigenvalue weighted by atomic mass is 32.2. The van der Waals surface area contributed by atoms with Crippen molar-refractivity contribution in [1.29, 1.82) is 0 Å². The summed E-state index contributed by atoms with van der Waals surface area (Å²) < 4.78 is 0.889. The van der Waals surface area contributed by atoms with Crippen molar-refractivity contribution in [3.8, 4) is 0 Å². The zero-order chi connectivity index (χ0) is 15.2. The molecule has 0 bridgehead atoms. The fourth-order valence-electron chi connectivity index (χ4n) is 1.49. The van der Waals surface area contributed by atoms with Gasteiger partial charge in [0.05, 0.1) is 4.92 Å². The normalized spacial score (nSPS) is 10.8. The van der Waals surface area contributed by atoms with Crippen molar-refractivity contribution >= 4 is 33.9 Å². The second-order valence-corrected chi connectivity index (χ2v) is 7.06. The molecule has 0 amide bonds. The molecule has 0 aliphatic carbocycles. The van der Waals surface area contributed by atoms with Crippen LogP contribution in [-0.4, -0.2) is 21.7 Å². The van der Waals surface area contributed by atoms with Gasteiger partial charge in [0.2, 0.25) is 5.13 Å². The van der Waals surface area contributed by atoms with E-state index in [0.717, 1.165) is 27.3 Å². The maximum atomic E-state index is 10.6. The molecule has 8 heteroatoms. The third-order valence-corrected chi connectivity index (χ3v) is 4.66. The molecule has 1 heterocycles. The summed E-state index contributed by atoms with van der Waals surface area (Å²) >= 11 is 3.10. The number of nitro benzene ring substituents is 1. The van der Waals surface area contributed by atoms with Crippen LogP contribution in [0.2, 0.25) is 0 Å². The van der Waals surface area contributed by atoms with E-state index in [0.29, 0.717) is 5.92 Å². The molecule has 112 valence electrons. The summed E-state index contributed by atoms with van der Waals surface area (Å²) in [7, 11) is 0. The van der Waals surface area contributed by atoms with Gasteiger partial charge in [0.15, 0.2) is 4.34 Å². The van der Waals surface area contributed by atoms with Crippen molar-refractivity contribution in [2.75, 3.05) is 11.9 Å². The van der Waals surface area contributed by atoms with Gasteiger partial charge in [-0.1, -0.05) is 49.1 Å². The van der Waals surface area contributed by atoms with E-state index in [9.17, 15) is 10.1 Å². The molecule has 1 N–H and O–H groups in total. The summed E-state index contributed by atoms with van der Waals surface area (Å²) in [5.74, 6) is 1.28. The third kappa shape index (κ3) is 4.98. The van der Waals surface area contributed by atoms with E-state index in [1.54, 1.807) is 23.9 Å². The number of aromatic nitrogens is 2. The minimum atomic E-state index is -0.395. The maximum absolute atomic E-state index is 10.6. The van der Waals surface area contributed by atoms with E-state index in [1.165, 1.54) is 23.5 Å². The number of anilines is 1. The highest BCUT2D eigenvalue weighted by Crippen LogP contribution is 2.28.